The van der Waals surface area contributed by atoms with E-state index in [0.717, 1.165) is 18.4 Å². The van der Waals surface area contributed by atoms with E-state index in [0.29, 0.717) is 17.1 Å². The fourth-order valence-corrected chi connectivity index (χ4v) is 3.91. The van der Waals surface area contributed by atoms with E-state index in [1.165, 1.54) is 6.07 Å². The molecule has 11 heteroatoms. The minimum absolute atomic E-state index is 0.0492. The number of nitro groups is 1. The number of hydrogen-bond acceptors (Lipinski definition) is 7. The number of amides is 1. The zero-order chi connectivity index (χ0) is 22.8. The molecule has 0 spiro atoms. The van der Waals surface area contributed by atoms with Gasteiger partial charge >= 0.3 is 0 Å². The molecule has 1 N–H and O–H groups in total. The molecule has 162 valence electrons. The monoisotopic (exact) mass is 444 g/mol. The van der Waals surface area contributed by atoms with E-state index < -0.39 is 37.3 Å². The quantitative estimate of drug-likeness (QED) is 0.436. The average Bonchev–Trinajstić information content (AvgIpc) is 3.16. The van der Waals surface area contributed by atoms with Crippen molar-refractivity contribution in [1.29, 1.82) is 0 Å². The Morgan fingerprint density at radius 3 is 2.42 bits per heavy atom. The molecule has 1 amide bonds. The average molecular weight is 444 g/mol. The number of benzene rings is 2. The van der Waals surface area contributed by atoms with Crippen molar-refractivity contribution < 1.29 is 22.9 Å². The molecule has 0 aliphatic carbocycles. The Morgan fingerprint density at radius 1 is 1.23 bits per heavy atom. The van der Waals surface area contributed by atoms with Gasteiger partial charge in [0.15, 0.2) is 9.84 Å². The zero-order valence-corrected chi connectivity index (χ0v) is 17.8. The molecule has 1 atom stereocenters. The fourth-order valence-electron chi connectivity index (χ4n) is 3.08. The van der Waals surface area contributed by atoms with Gasteiger partial charge in [-0.3, -0.25) is 14.9 Å². The number of imidazole rings is 1. The molecule has 1 aromatic heterocycles. The molecule has 2 aromatic carbocycles. The molecule has 0 saturated heterocycles. The van der Waals surface area contributed by atoms with Gasteiger partial charge in [0.2, 0.25) is 0 Å². The molecule has 1 heterocycles. The predicted octanol–water partition coefficient (Wildman–Crippen LogP) is 2.26. The third-order valence-electron chi connectivity index (χ3n) is 4.66. The molecule has 31 heavy (non-hydrogen) atoms. The number of hydrogen-bond donors (Lipinski definition) is 1. The van der Waals surface area contributed by atoms with Crippen LogP contribution in [0.2, 0.25) is 0 Å². The van der Waals surface area contributed by atoms with Gasteiger partial charge in [0.05, 0.1) is 12.0 Å². The van der Waals surface area contributed by atoms with Crippen molar-refractivity contribution in [3.8, 4) is 5.75 Å². The second-order valence-electron chi connectivity index (χ2n) is 6.79. The first-order valence-electron chi connectivity index (χ1n) is 9.02. The van der Waals surface area contributed by atoms with Crippen LogP contribution in [0.25, 0.3) is 0 Å². The third-order valence-corrected chi connectivity index (χ3v) is 5.80. The summed E-state index contributed by atoms with van der Waals surface area (Å²) in [6.07, 6.45) is 4.18. The number of carbonyl (C=O) groups excluding carboxylic acids is 1. The van der Waals surface area contributed by atoms with Gasteiger partial charge < -0.3 is 14.6 Å². The van der Waals surface area contributed by atoms with Gasteiger partial charge in [-0.2, -0.15) is 0 Å². The number of nitro benzene ring substituents is 1. The number of methoxy groups -OCH3 is 1. The van der Waals surface area contributed by atoms with Gasteiger partial charge in [0.1, 0.15) is 22.5 Å². The molecular formula is C20H20N4O6S. The molecule has 1 unspecified atom stereocenters. The Balaban J connectivity index is 2.00. The molecule has 3 rings (SSSR count). The van der Waals surface area contributed by atoms with Gasteiger partial charge in [-0.15, -0.1) is 0 Å². The lowest BCUT2D eigenvalue weighted by atomic mass is 10.0. The molecule has 0 radical (unpaired) electrons. The highest BCUT2D eigenvalue weighted by molar-refractivity contribution is 7.90. The van der Waals surface area contributed by atoms with Crippen LogP contribution < -0.4 is 10.1 Å². The van der Waals surface area contributed by atoms with Crippen LogP contribution in [-0.2, 0) is 16.9 Å². The maximum atomic E-state index is 12.9. The second kappa shape index (κ2) is 8.56. The first-order chi connectivity index (χ1) is 14.6. The number of rotatable bonds is 7. The van der Waals surface area contributed by atoms with E-state index in [4.69, 9.17) is 4.74 Å². The van der Waals surface area contributed by atoms with E-state index in [1.54, 1.807) is 55.4 Å². The number of nitrogens with zero attached hydrogens (tertiary/aromatic N) is 3. The largest absolute Gasteiger partial charge is 0.497 e. The molecule has 3 aromatic rings. The number of nitrogens with one attached hydrogen (secondary N) is 1. The van der Waals surface area contributed by atoms with Crippen LogP contribution in [0.1, 0.15) is 27.8 Å². The number of aryl methyl sites for hydroxylation is 1. The number of aromatic nitrogens is 2. The summed E-state index contributed by atoms with van der Waals surface area (Å²) in [6.45, 7) is 0. The Bertz CT molecular complexity index is 1230. The van der Waals surface area contributed by atoms with Crippen LogP contribution in [0.4, 0.5) is 5.69 Å². The summed E-state index contributed by atoms with van der Waals surface area (Å²) in [7, 11) is -0.517. The van der Waals surface area contributed by atoms with Gasteiger partial charge in [-0.25, -0.2) is 13.4 Å². The van der Waals surface area contributed by atoms with E-state index in [1.807, 2.05) is 0 Å². The SMILES string of the molecule is COc1ccc(C(NC(=O)c2ccc(S(C)(=O)=O)c([N+](=O)[O-])c2)c2nccn2C)cc1. The first-order valence-corrected chi connectivity index (χ1v) is 10.9. The summed E-state index contributed by atoms with van der Waals surface area (Å²) in [5.74, 6) is 0.563. The minimum atomic E-state index is -3.83. The van der Waals surface area contributed by atoms with Crippen molar-refractivity contribution in [1.82, 2.24) is 14.9 Å². The van der Waals surface area contributed by atoms with E-state index in [-0.39, 0.29) is 5.56 Å². The highest BCUT2D eigenvalue weighted by atomic mass is 32.2. The van der Waals surface area contributed by atoms with Crippen molar-refractivity contribution >= 4 is 21.4 Å². The molecule has 0 fully saturated rings. The summed E-state index contributed by atoms with van der Waals surface area (Å²) in [5.41, 5.74) is 0.00525. The Morgan fingerprint density at radius 2 is 1.90 bits per heavy atom. The van der Waals surface area contributed by atoms with Gasteiger partial charge in [0, 0.05) is 37.3 Å². The highest BCUT2D eigenvalue weighted by Gasteiger charge is 2.26. The van der Waals surface area contributed by atoms with Gasteiger partial charge in [-0.05, 0) is 29.8 Å². The van der Waals surface area contributed by atoms with Crippen molar-refractivity contribution in [2.75, 3.05) is 13.4 Å². The summed E-state index contributed by atoms with van der Waals surface area (Å²) < 4.78 is 30.5. The molecule has 0 bridgehead atoms. The van der Waals surface area contributed by atoms with Crippen LogP contribution in [0.3, 0.4) is 0 Å². The smallest absolute Gasteiger partial charge is 0.288 e. The Labute approximate surface area is 178 Å². The number of carbonyl (C=O) groups is 1. The minimum Gasteiger partial charge on any atom is -0.497 e. The van der Waals surface area contributed by atoms with Crippen LogP contribution in [0.5, 0.6) is 5.75 Å². The summed E-state index contributed by atoms with van der Waals surface area (Å²) in [5, 5.41) is 14.2. The van der Waals surface area contributed by atoms with Crippen molar-refractivity contribution in [2.24, 2.45) is 7.05 Å². The number of ether oxygens (including phenoxy) is 1. The molecular weight excluding hydrogens is 424 g/mol. The van der Waals surface area contributed by atoms with E-state index >= 15 is 0 Å². The standard InChI is InChI=1S/C20H20N4O6S/c1-23-11-10-21-19(23)18(13-4-7-15(30-2)8-5-13)22-20(25)14-6-9-17(31(3,28)29)16(12-14)24(26)27/h4-12,18H,1-3H3,(H,22,25). The summed E-state index contributed by atoms with van der Waals surface area (Å²) in [4.78, 5) is 27.3. The summed E-state index contributed by atoms with van der Waals surface area (Å²) >= 11 is 0. The van der Waals surface area contributed by atoms with Crippen molar-refractivity contribution in [2.45, 2.75) is 10.9 Å². The lowest BCUT2D eigenvalue weighted by molar-refractivity contribution is -0.387. The fraction of sp³-hybridized carbons (Fsp3) is 0.200. The molecule has 10 nitrogen and oxygen atoms in total. The van der Waals surface area contributed by atoms with Gasteiger partial charge in [0.25, 0.3) is 11.6 Å². The van der Waals surface area contributed by atoms with Crippen molar-refractivity contribution in [3.05, 3.63) is 81.9 Å². The summed E-state index contributed by atoms with van der Waals surface area (Å²) in [6, 6.07) is 9.61. The van der Waals surface area contributed by atoms with Crippen LogP contribution in [-0.4, -0.2) is 42.2 Å². The lowest BCUT2D eigenvalue weighted by Gasteiger charge is -2.19. The van der Waals surface area contributed by atoms with Crippen molar-refractivity contribution in [3.63, 3.8) is 0 Å². The molecule has 0 saturated carbocycles. The van der Waals surface area contributed by atoms with E-state index in [9.17, 15) is 23.3 Å². The highest BCUT2D eigenvalue weighted by Crippen LogP contribution is 2.27. The zero-order valence-electron chi connectivity index (χ0n) is 17.0. The molecule has 0 aliphatic rings. The third kappa shape index (κ3) is 4.72. The number of sulfone groups is 1. The maximum absolute atomic E-state index is 12.9. The lowest BCUT2D eigenvalue weighted by Crippen LogP contribution is -2.31. The Hall–Kier alpha value is -3.73. The van der Waals surface area contributed by atoms with Crippen LogP contribution >= 0.6 is 0 Å². The Kier molecular flexibility index (Phi) is 6.07. The van der Waals surface area contributed by atoms with Crippen LogP contribution in [0.15, 0.2) is 59.8 Å². The maximum Gasteiger partial charge on any atom is 0.288 e. The van der Waals surface area contributed by atoms with Gasteiger partial charge in [-0.1, -0.05) is 12.1 Å². The van der Waals surface area contributed by atoms with Crippen LogP contribution in [0, 0.1) is 10.1 Å². The normalized spacial score (nSPS) is 12.2. The molecule has 0 aliphatic heterocycles. The predicted molar refractivity (Wildman–Crippen MR) is 112 cm³/mol. The van der Waals surface area contributed by atoms with E-state index in [2.05, 4.69) is 10.3 Å². The second-order valence-corrected chi connectivity index (χ2v) is 8.77. The topological polar surface area (TPSA) is 133 Å². The first kappa shape index (κ1) is 22.0.